The number of rotatable bonds is 5. The highest BCUT2D eigenvalue weighted by molar-refractivity contribution is 5.78. The van der Waals surface area contributed by atoms with Gasteiger partial charge in [-0.1, -0.05) is 47.6 Å². The summed E-state index contributed by atoms with van der Waals surface area (Å²) in [5, 5.41) is 3.92. The number of piperidine rings is 1. The number of hydrogen-bond acceptors (Lipinski definition) is 4. The molecule has 1 aromatic heterocycles. The number of amides is 1. The molecule has 1 fully saturated rings. The van der Waals surface area contributed by atoms with Crippen LogP contribution in [0.15, 0.2) is 59.1 Å². The number of aromatic nitrogens is 2. The van der Waals surface area contributed by atoms with Crippen molar-refractivity contribution in [2.24, 2.45) is 5.92 Å². The van der Waals surface area contributed by atoms with Crippen molar-refractivity contribution in [1.29, 1.82) is 0 Å². The van der Waals surface area contributed by atoms with E-state index in [2.05, 4.69) is 10.1 Å². The lowest BCUT2D eigenvalue weighted by Gasteiger charge is -2.32. The summed E-state index contributed by atoms with van der Waals surface area (Å²) in [4.78, 5) is 18.9. The zero-order valence-corrected chi connectivity index (χ0v) is 15.6. The molecule has 4 rings (SSSR count). The molecule has 1 aliphatic heterocycles. The van der Waals surface area contributed by atoms with Gasteiger partial charge in [-0.15, -0.1) is 0 Å². The van der Waals surface area contributed by atoms with Gasteiger partial charge in [-0.2, -0.15) is 4.98 Å². The molecule has 3 aromatic rings. The minimum atomic E-state index is -0.370. The Hall–Kier alpha value is -3.02. The lowest BCUT2D eigenvalue weighted by atomic mass is 9.94. The Balaban J connectivity index is 1.38. The highest BCUT2D eigenvalue weighted by Gasteiger charge is 2.25. The van der Waals surface area contributed by atoms with E-state index in [1.807, 2.05) is 35.2 Å². The molecule has 5 nitrogen and oxygen atoms in total. The summed E-state index contributed by atoms with van der Waals surface area (Å²) < 4.78 is 19.2. The van der Waals surface area contributed by atoms with Crippen LogP contribution in [0.5, 0.6) is 0 Å². The highest BCUT2D eigenvalue weighted by atomic mass is 19.1. The standard InChI is InChI=1S/C22H22FN3O2/c23-19-11-5-4-10-18(19)22-24-20(28-25-22)13-17-9-6-12-26(15-17)21(27)14-16-7-2-1-3-8-16/h1-5,7-8,10-11,17H,6,9,12-15H2. The van der Waals surface area contributed by atoms with Crippen molar-refractivity contribution in [1.82, 2.24) is 15.0 Å². The number of halogens is 1. The van der Waals surface area contributed by atoms with Crippen molar-refractivity contribution in [2.45, 2.75) is 25.7 Å². The number of benzene rings is 2. The lowest BCUT2D eigenvalue weighted by molar-refractivity contribution is -0.132. The third-order valence-corrected chi connectivity index (χ3v) is 5.12. The molecule has 1 saturated heterocycles. The summed E-state index contributed by atoms with van der Waals surface area (Å²) in [6.45, 7) is 1.47. The van der Waals surface area contributed by atoms with Crippen molar-refractivity contribution >= 4 is 5.91 Å². The molecule has 1 unspecified atom stereocenters. The molecule has 0 aliphatic carbocycles. The van der Waals surface area contributed by atoms with Crippen LogP contribution in [0.2, 0.25) is 0 Å². The van der Waals surface area contributed by atoms with Crippen molar-refractivity contribution < 1.29 is 13.7 Å². The Morgan fingerprint density at radius 1 is 1.14 bits per heavy atom. The molecular weight excluding hydrogens is 357 g/mol. The van der Waals surface area contributed by atoms with Gasteiger partial charge < -0.3 is 9.42 Å². The minimum absolute atomic E-state index is 0.147. The molecule has 28 heavy (non-hydrogen) atoms. The summed E-state index contributed by atoms with van der Waals surface area (Å²) in [6, 6.07) is 16.2. The van der Waals surface area contributed by atoms with E-state index in [0.717, 1.165) is 24.9 Å². The van der Waals surface area contributed by atoms with E-state index in [1.165, 1.54) is 6.07 Å². The van der Waals surface area contributed by atoms with Gasteiger partial charge in [-0.25, -0.2) is 4.39 Å². The summed E-state index contributed by atoms with van der Waals surface area (Å²) in [6.07, 6.45) is 2.98. The van der Waals surface area contributed by atoms with Crippen molar-refractivity contribution in [3.8, 4) is 11.4 Å². The summed E-state index contributed by atoms with van der Waals surface area (Å²) >= 11 is 0. The molecule has 1 atom stereocenters. The van der Waals surface area contributed by atoms with E-state index in [4.69, 9.17) is 4.52 Å². The molecule has 144 valence electrons. The van der Waals surface area contributed by atoms with E-state index in [9.17, 15) is 9.18 Å². The van der Waals surface area contributed by atoms with Crippen LogP contribution >= 0.6 is 0 Å². The molecule has 0 saturated carbocycles. The monoisotopic (exact) mass is 379 g/mol. The summed E-state index contributed by atoms with van der Waals surface area (Å²) in [7, 11) is 0. The summed E-state index contributed by atoms with van der Waals surface area (Å²) in [5.74, 6) is 0.794. The van der Waals surface area contributed by atoms with Crippen LogP contribution in [0, 0.1) is 11.7 Å². The number of carbonyl (C=O) groups is 1. The second-order valence-electron chi connectivity index (χ2n) is 7.21. The maximum Gasteiger partial charge on any atom is 0.227 e. The van der Waals surface area contributed by atoms with Gasteiger partial charge in [0.25, 0.3) is 0 Å². The van der Waals surface area contributed by atoms with Crippen LogP contribution in [0.25, 0.3) is 11.4 Å². The molecule has 6 heteroatoms. The fourth-order valence-corrected chi connectivity index (χ4v) is 3.68. The van der Waals surface area contributed by atoms with Crippen LogP contribution in [0.3, 0.4) is 0 Å². The van der Waals surface area contributed by atoms with Crippen LogP contribution in [-0.4, -0.2) is 34.0 Å². The second kappa shape index (κ2) is 8.33. The van der Waals surface area contributed by atoms with Gasteiger partial charge in [0.05, 0.1) is 12.0 Å². The Bertz CT molecular complexity index is 942. The molecule has 2 aromatic carbocycles. The number of likely N-dealkylation sites (tertiary alicyclic amines) is 1. The number of carbonyl (C=O) groups excluding carboxylic acids is 1. The first-order valence-electron chi connectivity index (χ1n) is 9.58. The van der Waals surface area contributed by atoms with Gasteiger partial charge in [0.1, 0.15) is 5.82 Å². The summed E-state index contributed by atoms with van der Waals surface area (Å²) in [5.41, 5.74) is 1.36. The van der Waals surface area contributed by atoms with E-state index in [0.29, 0.717) is 30.8 Å². The predicted molar refractivity (Wildman–Crippen MR) is 103 cm³/mol. The Morgan fingerprint density at radius 3 is 2.75 bits per heavy atom. The lowest BCUT2D eigenvalue weighted by Crippen LogP contribution is -2.41. The molecule has 0 N–H and O–H groups in total. The van der Waals surface area contributed by atoms with Gasteiger partial charge in [0.2, 0.25) is 17.6 Å². The Morgan fingerprint density at radius 2 is 1.93 bits per heavy atom. The molecule has 0 radical (unpaired) electrons. The second-order valence-corrected chi connectivity index (χ2v) is 7.21. The molecule has 0 bridgehead atoms. The third kappa shape index (κ3) is 4.27. The van der Waals surface area contributed by atoms with Gasteiger partial charge in [0, 0.05) is 19.5 Å². The van der Waals surface area contributed by atoms with Crippen LogP contribution in [0.1, 0.15) is 24.3 Å². The van der Waals surface area contributed by atoms with Crippen LogP contribution in [-0.2, 0) is 17.6 Å². The molecular formula is C22H22FN3O2. The third-order valence-electron chi connectivity index (χ3n) is 5.12. The maximum absolute atomic E-state index is 13.9. The quantitative estimate of drug-likeness (QED) is 0.675. The average molecular weight is 379 g/mol. The number of hydrogen-bond donors (Lipinski definition) is 0. The van der Waals surface area contributed by atoms with Gasteiger partial charge in [-0.05, 0) is 36.5 Å². The maximum atomic E-state index is 13.9. The van der Waals surface area contributed by atoms with Crippen molar-refractivity contribution in [2.75, 3.05) is 13.1 Å². The van der Waals surface area contributed by atoms with Gasteiger partial charge in [0.15, 0.2) is 0 Å². The van der Waals surface area contributed by atoms with E-state index in [1.54, 1.807) is 18.2 Å². The first-order valence-corrected chi connectivity index (χ1v) is 9.58. The van der Waals surface area contributed by atoms with Gasteiger partial charge in [-0.3, -0.25) is 4.79 Å². The van der Waals surface area contributed by atoms with E-state index < -0.39 is 0 Å². The van der Waals surface area contributed by atoms with Crippen LogP contribution < -0.4 is 0 Å². The minimum Gasteiger partial charge on any atom is -0.342 e. The fourth-order valence-electron chi connectivity index (χ4n) is 3.68. The van der Waals surface area contributed by atoms with Crippen molar-refractivity contribution in [3.63, 3.8) is 0 Å². The molecule has 0 spiro atoms. The van der Waals surface area contributed by atoms with Gasteiger partial charge >= 0.3 is 0 Å². The molecule has 1 amide bonds. The Labute approximate surface area is 163 Å². The van der Waals surface area contributed by atoms with Crippen molar-refractivity contribution in [3.05, 3.63) is 71.9 Å². The van der Waals surface area contributed by atoms with E-state index in [-0.39, 0.29) is 23.5 Å². The van der Waals surface area contributed by atoms with E-state index >= 15 is 0 Å². The zero-order chi connectivity index (χ0) is 19.3. The normalized spacial score (nSPS) is 16.9. The largest absolute Gasteiger partial charge is 0.342 e. The smallest absolute Gasteiger partial charge is 0.227 e. The number of nitrogens with zero attached hydrogens (tertiary/aromatic N) is 3. The predicted octanol–water partition coefficient (Wildman–Crippen LogP) is 3.90. The Kier molecular flexibility index (Phi) is 5.46. The first-order chi connectivity index (χ1) is 13.7. The molecule has 1 aliphatic rings. The zero-order valence-electron chi connectivity index (χ0n) is 15.6. The molecule has 2 heterocycles. The first kappa shape index (κ1) is 18.3. The highest BCUT2D eigenvalue weighted by Crippen LogP contribution is 2.24. The average Bonchev–Trinajstić information content (AvgIpc) is 3.17. The fraction of sp³-hybridized carbons (Fsp3) is 0.318. The van der Waals surface area contributed by atoms with Crippen LogP contribution in [0.4, 0.5) is 4.39 Å². The topological polar surface area (TPSA) is 59.2 Å². The SMILES string of the molecule is O=C(Cc1ccccc1)N1CCCC(Cc2nc(-c3ccccc3F)no2)C1.